The fourth-order valence-electron chi connectivity index (χ4n) is 3.66. The van der Waals surface area contributed by atoms with Gasteiger partial charge in [-0.3, -0.25) is 24.7 Å². The molecule has 1 aliphatic heterocycles. The van der Waals surface area contributed by atoms with E-state index in [1.54, 1.807) is 31.2 Å². The molecule has 33 heavy (non-hydrogen) atoms. The van der Waals surface area contributed by atoms with Crippen LogP contribution in [0.4, 0.5) is 5.69 Å². The van der Waals surface area contributed by atoms with Crippen LogP contribution in [0, 0.1) is 6.92 Å². The highest BCUT2D eigenvalue weighted by Gasteiger charge is 2.33. The molecule has 0 spiro atoms. The van der Waals surface area contributed by atoms with Gasteiger partial charge in [-0.25, -0.2) is 16.8 Å². The topological polar surface area (TPSA) is 133 Å². The molecule has 1 aliphatic rings. The lowest BCUT2D eigenvalue weighted by atomic mass is 10.1. The molecular formula is C21H26N4O6S2. The minimum Gasteiger partial charge on any atom is -0.272 e. The molecule has 10 nitrogen and oxygen atoms in total. The minimum absolute atomic E-state index is 0.0583. The zero-order chi connectivity index (χ0) is 24.6. The lowest BCUT2D eigenvalue weighted by Gasteiger charge is -2.22. The number of fused-ring (bicyclic) bond motifs is 1. The van der Waals surface area contributed by atoms with Crippen molar-refractivity contribution in [3.05, 3.63) is 59.2 Å². The summed E-state index contributed by atoms with van der Waals surface area (Å²) in [7, 11) is -6.04. The van der Waals surface area contributed by atoms with Crippen molar-refractivity contribution in [2.45, 2.75) is 31.2 Å². The van der Waals surface area contributed by atoms with E-state index in [0.29, 0.717) is 17.7 Å². The number of carbonyl (C=O) groups is 2. The van der Waals surface area contributed by atoms with E-state index in [1.165, 1.54) is 29.6 Å². The molecule has 0 aliphatic carbocycles. The van der Waals surface area contributed by atoms with Crippen molar-refractivity contribution in [2.75, 3.05) is 24.2 Å². The molecule has 0 saturated heterocycles. The number of benzene rings is 2. The highest BCUT2D eigenvalue weighted by Crippen LogP contribution is 2.34. The van der Waals surface area contributed by atoms with E-state index in [9.17, 15) is 26.4 Å². The Labute approximate surface area is 193 Å². The minimum atomic E-state index is -3.86. The van der Waals surface area contributed by atoms with Gasteiger partial charge < -0.3 is 0 Å². The van der Waals surface area contributed by atoms with E-state index in [1.807, 2.05) is 6.92 Å². The molecule has 178 valence electrons. The van der Waals surface area contributed by atoms with Gasteiger partial charge >= 0.3 is 0 Å². The largest absolute Gasteiger partial charge is 0.272 e. The quantitative estimate of drug-likeness (QED) is 0.571. The third kappa shape index (κ3) is 5.34. The van der Waals surface area contributed by atoms with Crippen molar-refractivity contribution in [3.63, 3.8) is 0 Å². The van der Waals surface area contributed by atoms with Gasteiger partial charge in [0.15, 0.2) is 0 Å². The average molecular weight is 495 g/mol. The number of anilines is 1. The summed E-state index contributed by atoms with van der Waals surface area (Å²) in [5, 5.41) is 0. The summed E-state index contributed by atoms with van der Waals surface area (Å²) < 4.78 is 51.4. The van der Waals surface area contributed by atoms with Gasteiger partial charge in [0.05, 0.1) is 23.4 Å². The molecule has 2 aromatic carbocycles. The molecule has 0 saturated carbocycles. The zero-order valence-corrected chi connectivity index (χ0v) is 20.3. The predicted octanol–water partition coefficient (Wildman–Crippen LogP) is 0.787. The molecule has 0 fully saturated rings. The van der Waals surface area contributed by atoms with E-state index >= 15 is 0 Å². The van der Waals surface area contributed by atoms with Crippen LogP contribution in [0.5, 0.6) is 0 Å². The number of carbonyl (C=O) groups excluding carboxylic acids is 2. The predicted molar refractivity (Wildman–Crippen MR) is 124 cm³/mol. The van der Waals surface area contributed by atoms with E-state index in [2.05, 4.69) is 10.9 Å². The van der Waals surface area contributed by atoms with Crippen molar-refractivity contribution in [3.8, 4) is 0 Å². The number of rotatable bonds is 6. The monoisotopic (exact) mass is 494 g/mol. The first-order chi connectivity index (χ1) is 15.3. The molecule has 1 atom stereocenters. The van der Waals surface area contributed by atoms with Crippen LogP contribution in [-0.2, 0) is 31.3 Å². The summed E-state index contributed by atoms with van der Waals surface area (Å²) in [5.41, 5.74) is 6.82. The smallest absolute Gasteiger partial charge is 0.269 e. The van der Waals surface area contributed by atoms with Gasteiger partial charge in [0.1, 0.15) is 0 Å². The number of hydrogen-bond donors (Lipinski definition) is 2. The van der Waals surface area contributed by atoms with Crippen LogP contribution in [0.2, 0.25) is 0 Å². The maximum atomic E-state index is 12.6. The summed E-state index contributed by atoms with van der Waals surface area (Å²) in [6.45, 7) is 3.11. The third-order valence-electron chi connectivity index (χ3n) is 5.26. The van der Waals surface area contributed by atoms with E-state index in [0.717, 1.165) is 16.1 Å². The van der Waals surface area contributed by atoms with Gasteiger partial charge in [0.2, 0.25) is 20.0 Å². The Morgan fingerprint density at radius 2 is 1.70 bits per heavy atom. The second kappa shape index (κ2) is 9.12. The number of hydrazine groups is 1. The normalized spacial score (nSPS) is 15.9. The Balaban J connectivity index is 1.61. The second-order valence-corrected chi connectivity index (χ2v) is 11.9. The lowest BCUT2D eigenvalue weighted by Crippen LogP contribution is -2.46. The summed E-state index contributed by atoms with van der Waals surface area (Å²) >= 11 is 0. The van der Waals surface area contributed by atoms with Gasteiger partial charge in [0.25, 0.3) is 11.8 Å². The van der Waals surface area contributed by atoms with Crippen LogP contribution in [0.1, 0.15) is 28.4 Å². The van der Waals surface area contributed by atoms with Gasteiger partial charge in [-0.2, -0.15) is 4.31 Å². The number of nitrogens with one attached hydrogen (secondary N) is 2. The van der Waals surface area contributed by atoms with Crippen LogP contribution in [-0.4, -0.2) is 58.8 Å². The molecule has 0 unspecified atom stereocenters. The first-order valence-electron chi connectivity index (χ1n) is 10.0. The molecular weight excluding hydrogens is 468 g/mol. The van der Waals surface area contributed by atoms with Crippen molar-refractivity contribution in [2.24, 2.45) is 0 Å². The molecule has 2 N–H and O–H groups in total. The summed E-state index contributed by atoms with van der Waals surface area (Å²) in [4.78, 5) is 24.7. The highest BCUT2D eigenvalue weighted by atomic mass is 32.2. The molecule has 2 amide bonds. The number of hydrogen-bond acceptors (Lipinski definition) is 6. The van der Waals surface area contributed by atoms with Crippen molar-refractivity contribution in [1.29, 1.82) is 0 Å². The Kier molecular flexibility index (Phi) is 6.82. The van der Waals surface area contributed by atoms with Crippen LogP contribution < -0.4 is 15.2 Å². The maximum absolute atomic E-state index is 12.6. The number of nitrogens with zero attached hydrogens (tertiary/aromatic N) is 2. The van der Waals surface area contributed by atoms with E-state index in [4.69, 9.17) is 0 Å². The fourth-order valence-corrected chi connectivity index (χ4v) is 6.06. The molecule has 0 radical (unpaired) electrons. The zero-order valence-electron chi connectivity index (χ0n) is 18.7. The maximum Gasteiger partial charge on any atom is 0.269 e. The Bertz CT molecular complexity index is 1290. The third-order valence-corrected chi connectivity index (χ3v) is 8.35. The first kappa shape index (κ1) is 24.7. The van der Waals surface area contributed by atoms with E-state index in [-0.39, 0.29) is 16.5 Å². The number of likely N-dealkylation sites (N-methyl/N-ethyl adjacent to an activating group) is 1. The van der Waals surface area contributed by atoms with Crippen LogP contribution in [0.15, 0.2) is 47.4 Å². The van der Waals surface area contributed by atoms with Crippen LogP contribution >= 0.6 is 0 Å². The van der Waals surface area contributed by atoms with Gasteiger partial charge in [-0.05, 0) is 56.2 Å². The average Bonchev–Trinajstić information content (AvgIpc) is 3.07. The summed E-state index contributed by atoms with van der Waals surface area (Å²) in [5.74, 6) is -1.33. The molecule has 12 heteroatoms. The molecule has 0 bridgehead atoms. The fraction of sp³-hybridized carbons (Fsp3) is 0.333. The number of amides is 2. The molecule has 1 heterocycles. The van der Waals surface area contributed by atoms with Crippen LogP contribution in [0.25, 0.3) is 0 Å². The van der Waals surface area contributed by atoms with Crippen molar-refractivity contribution >= 4 is 37.5 Å². The summed E-state index contributed by atoms with van der Waals surface area (Å²) in [6, 6.07) is 10.6. The Morgan fingerprint density at radius 3 is 2.30 bits per heavy atom. The SMILES string of the molecule is Cc1ccc(S(=O)(=O)N(C)CC(=O)NNC(=O)c2ccc3c(c2)C[C@@H](C)N3S(C)(=O)=O)cc1. The molecule has 0 aromatic heterocycles. The van der Waals surface area contributed by atoms with Gasteiger partial charge in [0, 0.05) is 18.7 Å². The van der Waals surface area contributed by atoms with Crippen molar-refractivity contribution < 1.29 is 26.4 Å². The van der Waals surface area contributed by atoms with Gasteiger partial charge in [-0.1, -0.05) is 17.7 Å². The molecule has 2 aromatic rings. The van der Waals surface area contributed by atoms with E-state index < -0.39 is 38.4 Å². The number of aryl methyl sites for hydroxylation is 1. The standard InChI is InChI=1S/C21H26N4O6S2/c1-14-5-8-18(9-6-14)33(30,31)24(3)13-20(26)22-23-21(27)16-7-10-19-17(12-16)11-15(2)25(19)32(4,28)29/h5-10,12,15H,11,13H2,1-4H3,(H,22,26)(H,23,27)/t15-/m1/s1. The van der Waals surface area contributed by atoms with Crippen LogP contribution in [0.3, 0.4) is 0 Å². The summed E-state index contributed by atoms with van der Waals surface area (Å²) in [6.07, 6.45) is 1.59. The lowest BCUT2D eigenvalue weighted by molar-refractivity contribution is -0.121. The second-order valence-electron chi connectivity index (χ2n) is 8.03. The Morgan fingerprint density at radius 1 is 1.06 bits per heavy atom. The van der Waals surface area contributed by atoms with Crippen molar-refractivity contribution in [1.82, 2.24) is 15.2 Å². The highest BCUT2D eigenvalue weighted by molar-refractivity contribution is 7.92. The number of sulfonamides is 2. The first-order valence-corrected chi connectivity index (χ1v) is 13.3. The molecule has 3 rings (SSSR count). The Hall–Kier alpha value is -2.96. The van der Waals surface area contributed by atoms with Gasteiger partial charge in [-0.15, -0.1) is 0 Å².